The highest BCUT2D eigenvalue weighted by Gasteiger charge is 2.43. The molecule has 0 saturated carbocycles. The van der Waals surface area contributed by atoms with E-state index in [1.165, 1.54) is 26.2 Å². The second-order valence-electron chi connectivity index (χ2n) is 8.09. The monoisotopic (exact) mass is 495 g/mol. The van der Waals surface area contributed by atoms with Crippen molar-refractivity contribution >= 4 is 17.6 Å². The third-order valence-electron chi connectivity index (χ3n) is 6.14. The van der Waals surface area contributed by atoms with Gasteiger partial charge in [-0.05, 0) is 23.3 Å². The van der Waals surface area contributed by atoms with Gasteiger partial charge in [0.25, 0.3) is 0 Å². The van der Waals surface area contributed by atoms with E-state index in [0.717, 1.165) is 11.1 Å². The summed E-state index contributed by atoms with van der Waals surface area (Å²) in [6, 6.07) is 25.9. The Kier molecular flexibility index (Phi) is 7.26. The Labute approximate surface area is 214 Å². The summed E-state index contributed by atoms with van der Waals surface area (Å²) in [6.07, 6.45) is 0. The Morgan fingerprint density at radius 3 is 2.08 bits per heavy atom. The fraction of sp³-hybridized carbons (Fsp3) is 0.138. The molecule has 37 heavy (non-hydrogen) atoms. The number of esters is 2. The van der Waals surface area contributed by atoms with Crippen molar-refractivity contribution in [2.24, 2.45) is 5.73 Å². The molecule has 3 aromatic carbocycles. The van der Waals surface area contributed by atoms with Crippen molar-refractivity contribution in [3.63, 3.8) is 0 Å². The average molecular weight is 496 g/mol. The van der Waals surface area contributed by atoms with E-state index in [1.807, 2.05) is 36.4 Å². The smallest absolute Gasteiger partial charge is 0.355 e. The summed E-state index contributed by atoms with van der Waals surface area (Å²) in [5.74, 6) is -2.04. The lowest BCUT2D eigenvalue weighted by Crippen LogP contribution is -2.40. The summed E-state index contributed by atoms with van der Waals surface area (Å²) >= 11 is 0. The molecule has 1 heterocycles. The van der Waals surface area contributed by atoms with Gasteiger partial charge in [-0.3, -0.25) is 4.90 Å². The average Bonchev–Trinajstić information content (AvgIpc) is 2.96. The number of carbonyl (C=O) groups excluding carboxylic acids is 2. The van der Waals surface area contributed by atoms with Crippen LogP contribution in [0.15, 0.2) is 102 Å². The highest BCUT2D eigenvalue weighted by atomic mass is 16.5. The molecule has 4 rings (SSSR count). The molecular weight excluding hydrogens is 470 g/mol. The fourth-order valence-corrected chi connectivity index (χ4v) is 4.46. The van der Waals surface area contributed by atoms with Crippen molar-refractivity contribution in [1.29, 1.82) is 5.26 Å². The van der Waals surface area contributed by atoms with E-state index in [4.69, 9.17) is 19.9 Å². The molecule has 0 saturated heterocycles. The number of nitrogens with two attached hydrogens (primary N) is 1. The molecule has 0 aliphatic carbocycles. The first-order chi connectivity index (χ1) is 18.0. The van der Waals surface area contributed by atoms with E-state index in [2.05, 4.69) is 6.07 Å². The first kappa shape index (κ1) is 25.1. The predicted molar refractivity (Wildman–Crippen MR) is 138 cm³/mol. The van der Waals surface area contributed by atoms with Crippen molar-refractivity contribution in [2.75, 3.05) is 26.2 Å². The Bertz CT molecular complexity index is 1440. The van der Waals surface area contributed by atoms with Gasteiger partial charge in [-0.2, -0.15) is 5.26 Å². The lowest BCUT2D eigenvalue weighted by Gasteiger charge is -2.36. The molecule has 8 nitrogen and oxygen atoms in total. The number of benzene rings is 3. The highest BCUT2D eigenvalue weighted by molar-refractivity contribution is 6.06. The van der Waals surface area contributed by atoms with Crippen molar-refractivity contribution in [1.82, 2.24) is 0 Å². The van der Waals surface area contributed by atoms with Crippen molar-refractivity contribution < 1.29 is 23.8 Å². The number of nitriles is 1. The second kappa shape index (κ2) is 10.7. The van der Waals surface area contributed by atoms with Crippen LogP contribution in [-0.4, -0.2) is 33.3 Å². The summed E-state index contributed by atoms with van der Waals surface area (Å²) in [4.78, 5) is 27.7. The number of hydrogen-bond acceptors (Lipinski definition) is 8. The SMILES string of the molecule is COC(=O)C1=C(C(=O)OC)N(c2ccc(-c3ccccc3)c(OC)c2)C(N)=C(C#N)C1c1ccccc1. The van der Waals surface area contributed by atoms with Gasteiger partial charge in [-0.15, -0.1) is 0 Å². The minimum absolute atomic E-state index is 0.0149. The standard InChI is InChI=1S/C29H25N3O5/c1-35-23-16-20(14-15-21(23)18-10-6-4-7-11-18)32-26(29(34)37-3)25(28(33)36-2)24(22(17-30)27(32)31)19-12-8-5-9-13-19/h4-16,24H,31H2,1-3H3. The second-order valence-corrected chi connectivity index (χ2v) is 8.09. The molecule has 1 atom stereocenters. The molecule has 8 heteroatoms. The van der Waals surface area contributed by atoms with Gasteiger partial charge in [-0.1, -0.05) is 60.7 Å². The third kappa shape index (κ3) is 4.50. The summed E-state index contributed by atoms with van der Waals surface area (Å²) in [5.41, 5.74) is 9.19. The molecular formula is C29H25N3O5. The molecule has 2 N–H and O–H groups in total. The molecule has 0 spiro atoms. The number of ether oxygens (including phenoxy) is 3. The highest BCUT2D eigenvalue weighted by Crippen LogP contribution is 2.44. The third-order valence-corrected chi connectivity index (χ3v) is 6.14. The Balaban J connectivity index is 2.01. The van der Waals surface area contributed by atoms with E-state index in [-0.39, 0.29) is 22.7 Å². The van der Waals surface area contributed by atoms with Crippen LogP contribution in [0.2, 0.25) is 0 Å². The zero-order valence-electron chi connectivity index (χ0n) is 20.6. The van der Waals surface area contributed by atoms with Crippen LogP contribution in [0.3, 0.4) is 0 Å². The normalized spacial score (nSPS) is 15.2. The van der Waals surface area contributed by atoms with Gasteiger partial charge in [-0.25, -0.2) is 9.59 Å². The summed E-state index contributed by atoms with van der Waals surface area (Å²) in [5, 5.41) is 10.2. The Morgan fingerprint density at radius 1 is 0.892 bits per heavy atom. The van der Waals surface area contributed by atoms with E-state index in [0.29, 0.717) is 17.0 Å². The van der Waals surface area contributed by atoms with Crippen LogP contribution in [0.1, 0.15) is 11.5 Å². The van der Waals surface area contributed by atoms with E-state index >= 15 is 0 Å². The lowest BCUT2D eigenvalue weighted by molar-refractivity contribution is -0.139. The molecule has 0 bridgehead atoms. The Hall–Kier alpha value is -5.03. The number of anilines is 1. The van der Waals surface area contributed by atoms with Crippen LogP contribution >= 0.6 is 0 Å². The minimum Gasteiger partial charge on any atom is -0.496 e. The van der Waals surface area contributed by atoms with E-state index in [1.54, 1.807) is 42.5 Å². The molecule has 1 unspecified atom stereocenters. The van der Waals surface area contributed by atoms with Crippen LogP contribution < -0.4 is 15.4 Å². The number of hydrogen-bond donors (Lipinski definition) is 1. The number of carbonyl (C=O) groups is 2. The van der Waals surface area contributed by atoms with Gasteiger partial charge >= 0.3 is 11.9 Å². The van der Waals surface area contributed by atoms with Crippen molar-refractivity contribution in [3.8, 4) is 22.9 Å². The summed E-state index contributed by atoms with van der Waals surface area (Å²) in [6.45, 7) is 0. The minimum atomic E-state index is -0.936. The Morgan fingerprint density at radius 2 is 1.51 bits per heavy atom. The summed E-state index contributed by atoms with van der Waals surface area (Å²) in [7, 11) is 3.95. The molecule has 0 aromatic heterocycles. The van der Waals surface area contributed by atoms with Gasteiger partial charge in [0.05, 0.1) is 50.2 Å². The fourth-order valence-electron chi connectivity index (χ4n) is 4.46. The van der Waals surface area contributed by atoms with Gasteiger partial charge in [0.2, 0.25) is 0 Å². The lowest BCUT2D eigenvalue weighted by atomic mass is 9.81. The summed E-state index contributed by atoms with van der Waals surface area (Å²) < 4.78 is 15.8. The zero-order valence-corrected chi connectivity index (χ0v) is 20.6. The largest absolute Gasteiger partial charge is 0.496 e. The molecule has 0 fully saturated rings. The zero-order chi connectivity index (χ0) is 26.5. The predicted octanol–water partition coefficient (Wildman–Crippen LogP) is 4.26. The quantitative estimate of drug-likeness (QED) is 0.505. The maximum absolute atomic E-state index is 13.2. The topological polar surface area (TPSA) is 115 Å². The molecule has 1 aliphatic rings. The molecule has 186 valence electrons. The molecule has 3 aromatic rings. The van der Waals surface area contributed by atoms with E-state index < -0.39 is 17.9 Å². The molecule has 0 radical (unpaired) electrons. The van der Waals surface area contributed by atoms with Crippen molar-refractivity contribution in [2.45, 2.75) is 5.92 Å². The molecule has 0 amide bonds. The molecule has 1 aliphatic heterocycles. The first-order valence-corrected chi connectivity index (χ1v) is 11.4. The van der Waals surface area contributed by atoms with Crippen LogP contribution in [0.5, 0.6) is 5.75 Å². The van der Waals surface area contributed by atoms with Crippen LogP contribution in [0, 0.1) is 11.3 Å². The number of allylic oxidation sites excluding steroid dienone is 1. The number of rotatable bonds is 6. The van der Waals surface area contributed by atoms with E-state index in [9.17, 15) is 14.9 Å². The van der Waals surface area contributed by atoms with Gasteiger partial charge in [0.1, 0.15) is 17.3 Å². The first-order valence-electron chi connectivity index (χ1n) is 11.4. The van der Waals surface area contributed by atoms with Gasteiger partial charge in [0.15, 0.2) is 0 Å². The van der Waals surface area contributed by atoms with Crippen molar-refractivity contribution in [3.05, 3.63) is 107 Å². The van der Waals surface area contributed by atoms with Gasteiger partial charge in [0, 0.05) is 11.6 Å². The van der Waals surface area contributed by atoms with Crippen LogP contribution in [0.4, 0.5) is 5.69 Å². The van der Waals surface area contributed by atoms with Crippen LogP contribution in [-0.2, 0) is 19.1 Å². The maximum atomic E-state index is 13.2. The number of nitrogens with zero attached hydrogens (tertiary/aromatic N) is 2. The van der Waals surface area contributed by atoms with Gasteiger partial charge < -0.3 is 19.9 Å². The van der Waals surface area contributed by atoms with Crippen LogP contribution in [0.25, 0.3) is 11.1 Å². The maximum Gasteiger partial charge on any atom is 0.355 e. The number of methoxy groups -OCH3 is 3.